The van der Waals surface area contributed by atoms with Crippen LogP contribution in [0.1, 0.15) is 79.6 Å². The van der Waals surface area contributed by atoms with E-state index in [1.807, 2.05) is 0 Å². The molecule has 0 aromatic heterocycles. The molecule has 3 heteroatoms. The van der Waals surface area contributed by atoms with Gasteiger partial charge >= 0.3 is 0 Å². The lowest BCUT2D eigenvalue weighted by atomic mass is 9.78. The summed E-state index contributed by atoms with van der Waals surface area (Å²) in [4.78, 5) is 14.6. The van der Waals surface area contributed by atoms with Crippen molar-refractivity contribution in [1.82, 2.24) is 4.90 Å². The summed E-state index contributed by atoms with van der Waals surface area (Å²) >= 11 is 0. The van der Waals surface area contributed by atoms with Crippen molar-refractivity contribution in [3.05, 3.63) is 0 Å². The molecule has 118 valence electrons. The van der Waals surface area contributed by atoms with Crippen molar-refractivity contribution in [3.63, 3.8) is 0 Å². The number of nitrogens with two attached hydrogens (primary N) is 1. The van der Waals surface area contributed by atoms with Gasteiger partial charge in [-0.05, 0) is 59.9 Å². The number of carbonyl (C=O) groups excluding carboxylic acids is 1. The smallest absolute Gasteiger partial charge is 0.152 e. The van der Waals surface area contributed by atoms with Crippen LogP contribution in [0.4, 0.5) is 0 Å². The lowest BCUT2D eigenvalue weighted by molar-refractivity contribution is -0.140. The van der Waals surface area contributed by atoms with Crippen LogP contribution in [0.3, 0.4) is 0 Å². The molecule has 3 nitrogen and oxygen atoms in total. The first-order valence-electron chi connectivity index (χ1n) is 8.28. The van der Waals surface area contributed by atoms with E-state index < -0.39 is 0 Å². The standard InChI is InChI=1S/C17H34N2O/c1-6-7-9-14(18)10-8-13-19-16(2,3)12-11-15(20)17(19,4)5/h14H,6-13,18H2,1-5H3. The van der Waals surface area contributed by atoms with Crippen LogP contribution in [0, 0.1) is 0 Å². The molecular formula is C17H34N2O. The van der Waals surface area contributed by atoms with Crippen LogP contribution in [0.5, 0.6) is 0 Å². The zero-order chi connectivity index (χ0) is 15.4. The van der Waals surface area contributed by atoms with Crippen molar-refractivity contribution in [1.29, 1.82) is 0 Å². The SMILES string of the molecule is CCCCC(N)CCCN1C(C)(C)CCC(=O)C1(C)C. The Morgan fingerprint density at radius 1 is 1.20 bits per heavy atom. The summed E-state index contributed by atoms with van der Waals surface area (Å²) < 4.78 is 0. The maximum absolute atomic E-state index is 12.2. The number of nitrogens with zero attached hydrogens (tertiary/aromatic N) is 1. The number of piperidine rings is 1. The van der Waals surface area contributed by atoms with Crippen LogP contribution in [0.15, 0.2) is 0 Å². The summed E-state index contributed by atoms with van der Waals surface area (Å²) in [6.45, 7) is 11.9. The zero-order valence-electron chi connectivity index (χ0n) is 14.2. The summed E-state index contributed by atoms with van der Waals surface area (Å²) in [5.41, 5.74) is 5.94. The molecule has 20 heavy (non-hydrogen) atoms. The molecule has 1 rings (SSSR count). The van der Waals surface area contributed by atoms with E-state index in [4.69, 9.17) is 5.73 Å². The van der Waals surface area contributed by atoms with Gasteiger partial charge in [0.25, 0.3) is 0 Å². The van der Waals surface area contributed by atoms with Crippen molar-refractivity contribution in [2.75, 3.05) is 6.54 Å². The lowest BCUT2D eigenvalue weighted by Crippen LogP contribution is -2.63. The van der Waals surface area contributed by atoms with Crippen LogP contribution in [-0.2, 0) is 4.79 Å². The highest BCUT2D eigenvalue weighted by molar-refractivity contribution is 5.88. The normalized spacial score (nSPS) is 23.8. The van der Waals surface area contributed by atoms with Crippen molar-refractivity contribution in [3.8, 4) is 0 Å². The third-order valence-corrected chi connectivity index (χ3v) is 4.94. The van der Waals surface area contributed by atoms with E-state index in [2.05, 4.69) is 39.5 Å². The molecule has 0 aliphatic carbocycles. The van der Waals surface area contributed by atoms with Crippen molar-refractivity contribution < 1.29 is 4.79 Å². The molecule has 0 aromatic rings. The number of unbranched alkanes of at least 4 members (excludes halogenated alkanes) is 1. The fraction of sp³-hybridized carbons (Fsp3) is 0.941. The minimum atomic E-state index is -0.324. The average Bonchev–Trinajstić information content (AvgIpc) is 2.36. The Hall–Kier alpha value is -0.410. The minimum Gasteiger partial charge on any atom is -0.328 e. The summed E-state index contributed by atoms with van der Waals surface area (Å²) in [6, 6.07) is 0.321. The molecule has 0 saturated carbocycles. The quantitative estimate of drug-likeness (QED) is 0.777. The van der Waals surface area contributed by atoms with Crippen molar-refractivity contribution >= 4 is 5.78 Å². The van der Waals surface area contributed by atoms with Gasteiger partial charge in [-0.1, -0.05) is 19.8 Å². The first-order chi connectivity index (χ1) is 9.21. The summed E-state index contributed by atoms with van der Waals surface area (Å²) in [6.07, 6.45) is 7.41. The van der Waals surface area contributed by atoms with Crippen molar-refractivity contribution in [2.24, 2.45) is 5.73 Å². The van der Waals surface area contributed by atoms with E-state index in [1.165, 1.54) is 12.8 Å². The van der Waals surface area contributed by atoms with Crippen LogP contribution in [0.25, 0.3) is 0 Å². The van der Waals surface area contributed by atoms with Gasteiger partial charge < -0.3 is 5.73 Å². The lowest BCUT2D eigenvalue weighted by Gasteiger charge is -2.52. The first-order valence-corrected chi connectivity index (χ1v) is 8.28. The van der Waals surface area contributed by atoms with Gasteiger partial charge in [-0.15, -0.1) is 0 Å². The Morgan fingerprint density at radius 2 is 1.80 bits per heavy atom. The van der Waals surface area contributed by atoms with Gasteiger partial charge in [0.05, 0.1) is 5.54 Å². The highest BCUT2D eigenvalue weighted by Crippen LogP contribution is 2.36. The summed E-state index contributed by atoms with van der Waals surface area (Å²) in [5.74, 6) is 0.382. The number of ketones is 1. The Balaban J connectivity index is 2.52. The van der Waals surface area contributed by atoms with Gasteiger partial charge in [-0.2, -0.15) is 0 Å². The molecule has 0 radical (unpaired) electrons. The van der Waals surface area contributed by atoms with E-state index in [-0.39, 0.29) is 11.1 Å². The molecule has 2 N–H and O–H groups in total. The van der Waals surface area contributed by atoms with E-state index in [0.29, 0.717) is 18.2 Å². The largest absolute Gasteiger partial charge is 0.328 e. The van der Waals surface area contributed by atoms with Crippen molar-refractivity contribution in [2.45, 2.75) is 96.7 Å². The maximum Gasteiger partial charge on any atom is 0.152 e. The second kappa shape index (κ2) is 7.04. The molecule has 1 atom stereocenters. The van der Waals surface area contributed by atoms with Gasteiger partial charge in [0.1, 0.15) is 0 Å². The highest BCUT2D eigenvalue weighted by Gasteiger charge is 2.45. The Bertz CT molecular complexity index is 323. The third-order valence-electron chi connectivity index (χ3n) is 4.94. The fourth-order valence-electron chi connectivity index (χ4n) is 3.47. The van der Waals surface area contributed by atoms with Gasteiger partial charge in [-0.3, -0.25) is 9.69 Å². The van der Waals surface area contributed by atoms with Gasteiger partial charge in [0.15, 0.2) is 5.78 Å². The molecule has 1 heterocycles. The second-order valence-electron chi connectivity index (χ2n) is 7.49. The Labute approximate surface area is 125 Å². The van der Waals surface area contributed by atoms with Crippen LogP contribution >= 0.6 is 0 Å². The monoisotopic (exact) mass is 282 g/mol. The number of likely N-dealkylation sites (tertiary alicyclic amines) is 1. The van der Waals surface area contributed by atoms with E-state index in [9.17, 15) is 4.79 Å². The molecule has 0 amide bonds. The zero-order valence-corrected chi connectivity index (χ0v) is 14.2. The van der Waals surface area contributed by atoms with Crippen LogP contribution in [0.2, 0.25) is 0 Å². The molecule has 1 aliphatic rings. The predicted molar refractivity (Wildman–Crippen MR) is 85.8 cm³/mol. The number of hydrogen-bond donors (Lipinski definition) is 1. The van der Waals surface area contributed by atoms with Crippen LogP contribution < -0.4 is 5.73 Å². The highest BCUT2D eigenvalue weighted by atomic mass is 16.1. The van der Waals surface area contributed by atoms with Gasteiger partial charge in [-0.25, -0.2) is 0 Å². The van der Waals surface area contributed by atoms with E-state index in [0.717, 1.165) is 32.2 Å². The Kier molecular flexibility index (Phi) is 6.21. The second-order valence-corrected chi connectivity index (χ2v) is 7.49. The Morgan fingerprint density at radius 3 is 2.40 bits per heavy atom. The number of carbonyl (C=O) groups is 1. The predicted octanol–water partition coefficient (Wildman–Crippen LogP) is 3.51. The molecule has 0 spiro atoms. The molecule has 0 bridgehead atoms. The summed E-state index contributed by atoms with van der Waals surface area (Å²) in [5, 5.41) is 0. The number of Topliss-reactive ketones (excluding diaryl/α,β-unsaturated/α-hetero) is 1. The van der Waals surface area contributed by atoms with Crippen LogP contribution in [-0.4, -0.2) is 34.3 Å². The number of hydrogen-bond acceptors (Lipinski definition) is 3. The molecule has 1 aliphatic heterocycles. The molecule has 1 fully saturated rings. The average molecular weight is 282 g/mol. The topological polar surface area (TPSA) is 46.3 Å². The fourth-order valence-corrected chi connectivity index (χ4v) is 3.47. The van der Waals surface area contributed by atoms with Gasteiger partial charge in [0.2, 0.25) is 0 Å². The number of rotatable bonds is 7. The van der Waals surface area contributed by atoms with E-state index >= 15 is 0 Å². The first kappa shape index (κ1) is 17.6. The molecule has 1 saturated heterocycles. The maximum atomic E-state index is 12.2. The minimum absolute atomic E-state index is 0.116. The molecule has 1 unspecified atom stereocenters. The molecular weight excluding hydrogens is 248 g/mol. The third kappa shape index (κ3) is 4.29. The van der Waals surface area contributed by atoms with Gasteiger partial charge in [0, 0.05) is 18.0 Å². The summed E-state index contributed by atoms with van der Waals surface area (Å²) in [7, 11) is 0. The van der Waals surface area contributed by atoms with E-state index in [1.54, 1.807) is 0 Å². The molecule has 0 aromatic carbocycles.